The third-order valence-corrected chi connectivity index (χ3v) is 4.75. The van der Waals surface area contributed by atoms with E-state index in [2.05, 4.69) is 14.9 Å². The van der Waals surface area contributed by atoms with Crippen molar-refractivity contribution >= 4 is 10.0 Å². The fraction of sp³-hybridized carbons (Fsp3) is 0.308. The van der Waals surface area contributed by atoms with Gasteiger partial charge in [-0.25, -0.2) is 13.1 Å². The molecule has 0 aliphatic rings. The molecule has 2 rings (SSSR count). The van der Waals surface area contributed by atoms with Crippen LogP contribution in [0.2, 0.25) is 0 Å². The molecular weight excluding hydrogens is 276 g/mol. The summed E-state index contributed by atoms with van der Waals surface area (Å²) in [6.07, 6.45) is 3.23. The number of benzene rings is 1. The summed E-state index contributed by atoms with van der Waals surface area (Å²) in [6, 6.07) is 3.53. The molecule has 6 nitrogen and oxygen atoms in total. The topological polar surface area (TPSA) is 101 Å². The van der Waals surface area contributed by atoms with Crippen molar-refractivity contribution in [3.05, 3.63) is 46.8 Å². The average molecular weight is 294 g/mol. The van der Waals surface area contributed by atoms with Crippen molar-refractivity contribution in [3.63, 3.8) is 0 Å². The lowest BCUT2D eigenvalue weighted by Gasteiger charge is -2.12. The third-order valence-electron chi connectivity index (χ3n) is 3.23. The lowest BCUT2D eigenvalue weighted by atomic mass is 10.1. The van der Waals surface area contributed by atoms with E-state index in [1.807, 2.05) is 13.0 Å². The molecule has 0 aliphatic heterocycles. The van der Waals surface area contributed by atoms with Crippen molar-refractivity contribution in [2.75, 3.05) is 0 Å². The maximum Gasteiger partial charge on any atom is 0.241 e. The van der Waals surface area contributed by atoms with Gasteiger partial charge in [-0.3, -0.25) is 5.10 Å². The molecule has 0 saturated heterocycles. The van der Waals surface area contributed by atoms with Gasteiger partial charge < -0.3 is 5.73 Å². The Morgan fingerprint density at radius 2 is 2.05 bits per heavy atom. The first-order valence-electron chi connectivity index (χ1n) is 6.21. The van der Waals surface area contributed by atoms with Gasteiger partial charge in [0.2, 0.25) is 10.0 Å². The molecule has 1 aromatic carbocycles. The second-order valence-corrected chi connectivity index (χ2v) is 6.41. The van der Waals surface area contributed by atoms with Gasteiger partial charge in [0.1, 0.15) is 0 Å². The van der Waals surface area contributed by atoms with E-state index in [-0.39, 0.29) is 11.4 Å². The molecule has 0 unspecified atom stereocenters. The molecule has 7 heteroatoms. The van der Waals surface area contributed by atoms with E-state index in [1.54, 1.807) is 25.4 Å². The summed E-state index contributed by atoms with van der Waals surface area (Å²) in [5.74, 6) is 0. The van der Waals surface area contributed by atoms with Gasteiger partial charge in [0.05, 0.1) is 11.1 Å². The molecule has 0 atom stereocenters. The number of sulfonamides is 1. The van der Waals surface area contributed by atoms with Crippen molar-refractivity contribution in [1.29, 1.82) is 0 Å². The number of hydrogen-bond acceptors (Lipinski definition) is 4. The summed E-state index contributed by atoms with van der Waals surface area (Å²) >= 11 is 0. The van der Waals surface area contributed by atoms with Crippen LogP contribution in [0.15, 0.2) is 29.4 Å². The predicted octanol–water partition coefficient (Wildman–Crippen LogP) is 0.964. The van der Waals surface area contributed by atoms with Crippen LogP contribution < -0.4 is 10.5 Å². The quantitative estimate of drug-likeness (QED) is 0.764. The molecule has 1 aromatic heterocycles. The lowest BCUT2D eigenvalue weighted by Crippen LogP contribution is -2.24. The summed E-state index contributed by atoms with van der Waals surface area (Å²) in [7, 11) is -3.57. The Hall–Kier alpha value is -1.70. The van der Waals surface area contributed by atoms with Gasteiger partial charge >= 0.3 is 0 Å². The predicted molar refractivity (Wildman–Crippen MR) is 76.4 cm³/mol. The zero-order valence-electron chi connectivity index (χ0n) is 11.5. The van der Waals surface area contributed by atoms with Gasteiger partial charge in [-0.05, 0) is 36.6 Å². The number of aromatic amines is 1. The molecule has 0 bridgehead atoms. The highest BCUT2D eigenvalue weighted by molar-refractivity contribution is 7.89. The molecule has 1 heterocycles. The highest BCUT2D eigenvalue weighted by atomic mass is 32.2. The number of H-pyrrole nitrogens is 1. The SMILES string of the molecule is Cc1cc(CN)cc(S(=O)(=O)NCc2cn[nH]c2)c1C. The van der Waals surface area contributed by atoms with Gasteiger partial charge in [0.15, 0.2) is 0 Å². The van der Waals surface area contributed by atoms with Gasteiger partial charge in [0, 0.05) is 24.8 Å². The molecule has 0 radical (unpaired) electrons. The van der Waals surface area contributed by atoms with Crippen molar-refractivity contribution in [3.8, 4) is 0 Å². The van der Waals surface area contributed by atoms with Gasteiger partial charge in [-0.2, -0.15) is 5.10 Å². The minimum Gasteiger partial charge on any atom is -0.326 e. The second-order valence-electron chi connectivity index (χ2n) is 4.67. The number of rotatable bonds is 5. The van der Waals surface area contributed by atoms with Crippen LogP contribution in [0.25, 0.3) is 0 Å². The molecule has 0 spiro atoms. The fourth-order valence-corrected chi connectivity index (χ4v) is 3.31. The standard InChI is InChI=1S/C13H18N4O2S/c1-9-3-11(5-14)4-13(10(9)2)20(18,19)17-8-12-6-15-16-7-12/h3-4,6-7,17H,5,8,14H2,1-2H3,(H,15,16). The largest absolute Gasteiger partial charge is 0.326 e. The number of nitrogens with two attached hydrogens (primary N) is 1. The Balaban J connectivity index is 2.31. The summed E-state index contributed by atoms with van der Waals surface area (Å²) < 4.78 is 27.3. The van der Waals surface area contributed by atoms with Gasteiger partial charge in [0.25, 0.3) is 0 Å². The van der Waals surface area contributed by atoms with Crippen LogP contribution in [0, 0.1) is 13.8 Å². The van der Waals surface area contributed by atoms with Gasteiger partial charge in [-0.1, -0.05) is 6.07 Å². The minimum atomic E-state index is -3.57. The molecule has 20 heavy (non-hydrogen) atoms. The Labute approximate surface area is 118 Å². The Morgan fingerprint density at radius 3 is 2.65 bits per heavy atom. The normalized spacial score (nSPS) is 11.8. The van der Waals surface area contributed by atoms with Gasteiger partial charge in [-0.15, -0.1) is 0 Å². The minimum absolute atomic E-state index is 0.199. The summed E-state index contributed by atoms with van der Waals surface area (Å²) in [6.45, 7) is 4.18. The second kappa shape index (κ2) is 5.74. The monoisotopic (exact) mass is 294 g/mol. The van der Waals surface area contributed by atoms with Crippen LogP contribution in [0.3, 0.4) is 0 Å². The summed E-state index contributed by atoms with van der Waals surface area (Å²) in [4.78, 5) is 0.279. The van der Waals surface area contributed by atoms with E-state index in [4.69, 9.17) is 5.73 Å². The number of nitrogens with zero attached hydrogens (tertiary/aromatic N) is 1. The number of nitrogens with one attached hydrogen (secondary N) is 2. The first-order valence-corrected chi connectivity index (χ1v) is 7.70. The average Bonchev–Trinajstić information content (AvgIpc) is 2.92. The van der Waals surface area contributed by atoms with Crippen molar-refractivity contribution in [2.24, 2.45) is 5.73 Å². The van der Waals surface area contributed by atoms with Crippen LogP contribution in [-0.2, 0) is 23.1 Å². The van der Waals surface area contributed by atoms with Crippen molar-refractivity contribution in [1.82, 2.24) is 14.9 Å². The van der Waals surface area contributed by atoms with E-state index in [9.17, 15) is 8.42 Å². The summed E-state index contributed by atoms with van der Waals surface area (Å²) in [5.41, 5.74) is 8.83. The first-order chi connectivity index (χ1) is 9.44. The first kappa shape index (κ1) is 14.7. The maximum atomic E-state index is 12.4. The molecular formula is C13H18N4O2S. The van der Waals surface area contributed by atoms with Crippen LogP contribution in [-0.4, -0.2) is 18.6 Å². The van der Waals surface area contributed by atoms with E-state index in [1.165, 1.54) is 0 Å². The Kier molecular flexibility index (Phi) is 4.22. The molecule has 0 amide bonds. The van der Waals surface area contributed by atoms with Crippen LogP contribution in [0.1, 0.15) is 22.3 Å². The van der Waals surface area contributed by atoms with Crippen molar-refractivity contribution < 1.29 is 8.42 Å². The molecule has 2 aromatic rings. The molecule has 0 fully saturated rings. The Bertz CT molecular complexity index is 693. The number of aryl methyl sites for hydroxylation is 1. The fourth-order valence-electron chi connectivity index (χ4n) is 1.93. The van der Waals surface area contributed by atoms with E-state index < -0.39 is 10.0 Å². The van der Waals surface area contributed by atoms with Crippen LogP contribution in [0.5, 0.6) is 0 Å². The number of hydrogen-bond donors (Lipinski definition) is 3. The zero-order chi connectivity index (χ0) is 14.8. The molecule has 0 saturated carbocycles. The lowest BCUT2D eigenvalue weighted by molar-refractivity contribution is 0.580. The highest BCUT2D eigenvalue weighted by Crippen LogP contribution is 2.21. The zero-order valence-corrected chi connectivity index (χ0v) is 12.3. The van der Waals surface area contributed by atoms with E-state index in [0.717, 1.165) is 22.3 Å². The Morgan fingerprint density at radius 1 is 1.30 bits per heavy atom. The van der Waals surface area contributed by atoms with Crippen molar-refractivity contribution in [2.45, 2.75) is 31.8 Å². The van der Waals surface area contributed by atoms with Crippen LogP contribution >= 0.6 is 0 Å². The summed E-state index contributed by atoms with van der Waals surface area (Å²) in [5, 5.41) is 6.42. The molecule has 4 N–H and O–H groups in total. The molecule has 108 valence electrons. The van der Waals surface area contributed by atoms with Crippen LogP contribution in [0.4, 0.5) is 0 Å². The third kappa shape index (κ3) is 3.06. The number of aromatic nitrogens is 2. The highest BCUT2D eigenvalue weighted by Gasteiger charge is 2.18. The van der Waals surface area contributed by atoms with E-state index >= 15 is 0 Å². The molecule has 0 aliphatic carbocycles. The smallest absolute Gasteiger partial charge is 0.241 e. The maximum absolute atomic E-state index is 12.4. The van der Waals surface area contributed by atoms with E-state index in [0.29, 0.717) is 6.54 Å².